The van der Waals surface area contributed by atoms with Crippen molar-refractivity contribution in [2.75, 3.05) is 6.54 Å². The van der Waals surface area contributed by atoms with Crippen LogP contribution in [0.1, 0.15) is 30.3 Å². The second kappa shape index (κ2) is 5.45. The third-order valence-electron chi connectivity index (χ3n) is 3.91. The lowest BCUT2D eigenvalue weighted by Crippen LogP contribution is -2.33. The number of fused-ring (bicyclic) bond motifs is 1. The Morgan fingerprint density at radius 2 is 2.19 bits per heavy atom. The summed E-state index contributed by atoms with van der Waals surface area (Å²) in [7, 11) is 0. The van der Waals surface area contributed by atoms with Gasteiger partial charge in [0.15, 0.2) is 0 Å². The molecule has 0 radical (unpaired) electrons. The van der Waals surface area contributed by atoms with Crippen molar-refractivity contribution in [2.45, 2.75) is 19.8 Å². The molecule has 1 atom stereocenters. The van der Waals surface area contributed by atoms with Gasteiger partial charge >= 0.3 is 0 Å². The van der Waals surface area contributed by atoms with Crippen LogP contribution in [0.3, 0.4) is 0 Å². The number of nitrogens with zero attached hydrogens (tertiary/aromatic N) is 2. The molecule has 108 valence electrons. The van der Waals surface area contributed by atoms with Crippen molar-refractivity contribution in [3.8, 4) is 0 Å². The standard InChI is InChI=1S/C16H15ClN2O2/c1-2-10-7-15(20)19(9-10)16(21)14-8-12(17)11-5-3-4-6-13(11)18-14/h3-6,8,10H,2,7,9H2,1H3. The first-order valence-corrected chi connectivity index (χ1v) is 7.38. The topological polar surface area (TPSA) is 50.3 Å². The quantitative estimate of drug-likeness (QED) is 0.800. The van der Waals surface area contributed by atoms with Crippen molar-refractivity contribution in [3.05, 3.63) is 41.0 Å². The molecule has 2 heterocycles. The summed E-state index contributed by atoms with van der Waals surface area (Å²) >= 11 is 6.21. The third kappa shape index (κ3) is 2.51. The van der Waals surface area contributed by atoms with Gasteiger partial charge in [-0.3, -0.25) is 14.5 Å². The number of halogens is 1. The Bertz CT molecular complexity index is 729. The minimum atomic E-state index is -0.358. The first-order chi connectivity index (χ1) is 10.1. The summed E-state index contributed by atoms with van der Waals surface area (Å²) in [5.74, 6) is -0.237. The Morgan fingerprint density at radius 3 is 2.90 bits per heavy atom. The average molecular weight is 303 g/mol. The normalized spacial score (nSPS) is 18.5. The van der Waals surface area contributed by atoms with E-state index in [0.29, 0.717) is 23.5 Å². The lowest BCUT2D eigenvalue weighted by atomic mass is 10.1. The van der Waals surface area contributed by atoms with Gasteiger partial charge in [-0.2, -0.15) is 0 Å². The zero-order valence-corrected chi connectivity index (χ0v) is 12.4. The Kier molecular flexibility index (Phi) is 3.64. The monoisotopic (exact) mass is 302 g/mol. The van der Waals surface area contributed by atoms with Gasteiger partial charge in [0.2, 0.25) is 5.91 Å². The maximum Gasteiger partial charge on any atom is 0.279 e. The van der Waals surface area contributed by atoms with Crippen molar-refractivity contribution < 1.29 is 9.59 Å². The Balaban J connectivity index is 1.97. The van der Waals surface area contributed by atoms with Crippen molar-refractivity contribution in [3.63, 3.8) is 0 Å². The van der Waals surface area contributed by atoms with Gasteiger partial charge in [-0.25, -0.2) is 4.98 Å². The summed E-state index contributed by atoms with van der Waals surface area (Å²) in [6, 6.07) is 8.91. The fourth-order valence-electron chi connectivity index (χ4n) is 2.63. The lowest BCUT2D eigenvalue weighted by molar-refractivity contribution is -0.125. The molecule has 2 aromatic rings. The molecular formula is C16H15ClN2O2. The third-order valence-corrected chi connectivity index (χ3v) is 4.23. The van der Waals surface area contributed by atoms with Gasteiger partial charge in [0.25, 0.3) is 5.91 Å². The van der Waals surface area contributed by atoms with E-state index >= 15 is 0 Å². The van der Waals surface area contributed by atoms with Crippen LogP contribution in [-0.4, -0.2) is 28.2 Å². The van der Waals surface area contributed by atoms with Crippen LogP contribution in [-0.2, 0) is 4.79 Å². The number of benzene rings is 1. The first-order valence-electron chi connectivity index (χ1n) is 7.00. The zero-order chi connectivity index (χ0) is 15.0. The molecule has 21 heavy (non-hydrogen) atoms. The minimum Gasteiger partial charge on any atom is -0.277 e. The molecule has 1 aromatic heterocycles. The summed E-state index contributed by atoms with van der Waals surface area (Å²) in [4.78, 5) is 30.1. The molecule has 0 saturated carbocycles. The average Bonchev–Trinajstić information content (AvgIpc) is 2.87. The Morgan fingerprint density at radius 1 is 1.43 bits per heavy atom. The molecule has 1 saturated heterocycles. The van der Waals surface area contributed by atoms with Crippen LogP contribution in [0, 0.1) is 5.92 Å². The highest BCUT2D eigenvalue weighted by Gasteiger charge is 2.34. The number of imide groups is 1. The molecule has 4 nitrogen and oxygen atoms in total. The van der Waals surface area contributed by atoms with E-state index in [4.69, 9.17) is 11.6 Å². The summed E-state index contributed by atoms with van der Waals surface area (Å²) < 4.78 is 0. The second-order valence-electron chi connectivity index (χ2n) is 5.29. The number of carbonyl (C=O) groups excluding carboxylic acids is 2. The lowest BCUT2D eigenvalue weighted by Gasteiger charge is -2.14. The van der Waals surface area contributed by atoms with E-state index in [2.05, 4.69) is 4.98 Å². The number of carbonyl (C=O) groups is 2. The minimum absolute atomic E-state index is 0.127. The number of amides is 2. The van der Waals surface area contributed by atoms with Gasteiger partial charge in [0.1, 0.15) is 5.69 Å². The largest absolute Gasteiger partial charge is 0.279 e. The molecule has 5 heteroatoms. The molecule has 0 aliphatic carbocycles. The summed E-state index contributed by atoms with van der Waals surface area (Å²) in [6.45, 7) is 2.50. The molecule has 0 bridgehead atoms. The number of aromatic nitrogens is 1. The zero-order valence-electron chi connectivity index (χ0n) is 11.7. The van der Waals surface area contributed by atoms with Crippen LogP contribution in [0.15, 0.2) is 30.3 Å². The SMILES string of the molecule is CCC1CC(=O)N(C(=O)c2cc(Cl)c3ccccc3n2)C1. The predicted molar refractivity (Wildman–Crippen MR) is 81.2 cm³/mol. The Labute approximate surface area is 127 Å². The van der Waals surface area contributed by atoms with Gasteiger partial charge in [-0.05, 0) is 18.1 Å². The molecule has 1 unspecified atom stereocenters. The maximum atomic E-state index is 12.5. The number of pyridine rings is 1. The van der Waals surface area contributed by atoms with E-state index in [1.54, 1.807) is 12.1 Å². The molecule has 1 aliphatic heterocycles. The van der Waals surface area contributed by atoms with Gasteiger partial charge in [0.05, 0.1) is 10.5 Å². The maximum absolute atomic E-state index is 12.5. The van der Waals surface area contributed by atoms with E-state index in [9.17, 15) is 9.59 Å². The molecule has 2 amide bonds. The number of para-hydroxylation sites is 1. The number of likely N-dealkylation sites (tertiary alicyclic amines) is 1. The van der Waals surface area contributed by atoms with Gasteiger partial charge in [0, 0.05) is 18.4 Å². The number of hydrogen-bond acceptors (Lipinski definition) is 3. The fraction of sp³-hybridized carbons (Fsp3) is 0.312. The molecule has 0 N–H and O–H groups in total. The highest BCUT2D eigenvalue weighted by atomic mass is 35.5. The van der Waals surface area contributed by atoms with Crippen LogP contribution in [0.2, 0.25) is 5.02 Å². The second-order valence-corrected chi connectivity index (χ2v) is 5.70. The fourth-order valence-corrected chi connectivity index (χ4v) is 2.90. The van der Waals surface area contributed by atoms with Crippen molar-refractivity contribution in [2.24, 2.45) is 5.92 Å². The van der Waals surface area contributed by atoms with Crippen LogP contribution in [0.25, 0.3) is 10.9 Å². The van der Waals surface area contributed by atoms with Gasteiger partial charge < -0.3 is 0 Å². The smallest absolute Gasteiger partial charge is 0.277 e. The highest BCUT2D eigenvalue weighted by molar-refractivity contribution is 6.35. The first kappa shape index (κ1) is 14.0. The molecular weight excluding hydrogens is 288 g/mol. The van der Waals surface area contributed by atoms with Crippen molar-refractivity contribution in [1.29, 1.82) is 0 Å². The van der Waals surface area contributed by atoms with E-state index in [1.807, 2.05) is 25.1 Å². The summed E-state index contributed by atoms with van der Waals surface area (Å²) in [5.41, 5.74) is 0.885. The number of hydrogen-bond donors (Lipinski definition) is 0. The summed E-state index contributed by atoms with van der Waals surface area (Å²) in [5, 5.41) is 1.28. The Hall–Kier alpha value is -1.94. The highest BCUT2D eigenvalue weighted by Crippen LogP contribution is 2.26. The molecule has 1 aliphatic rings. The van der Waals surface area contributed by atoms with Crippen LogP contribution >= 0.6 is 11.6 Å². The van der Waals surface area contributed by atoms with Crippen LogP contribution in [0.5, 0.6) is 0 Å². The molecule has 1 aromatic carbocycles. The van der Waals surface area contributed by atoms with Crippen molar-refractivity contribution in [1.82, 2.24) is 9.88 Å². The molecule has 1 fully saturated rings. The van der Waals surface area contributed by atoms with Crippen LogP contribution < -0.4 is 0 Å². The van der Waals surface area contributed by atoms with E-state index in [0.717, 1.165) is 11.8 Å². The molecule has 3 rings (SSSR count). The van der Waals surface area contributed by atoms with Crippen molar-refractivity contribution >= 4 is 34.3 Å². The summed E-state index contributed by atoms with van der Waals surface area (Å²) in [6.07, 6.45) is 1.32. The predicted octanol–water partition coefficient (Wildman–Crippen LogP) is 3.29. The van der Waals surface area contributed by atoms with E-state index in [1.165, 1.54) is 4.90 Å². The van der Waals surface area contributed by atoms with Gasteiger partial charge in [-0.1, -0.05) is 43.1 Å². The van der Waals surface area contributed by atoms with E-state index < -0.39 is 0 Å². The van der Waals surface area contributed by atoms with Crippen LogP contribution in [0.4, 0.5) is 0 Å². The number of rotatable bonds is 2. The molecule has 0 spiro atoms. The van der Waals surface area contributed by atoms with Gasteiger partial charge in [-0.15, -0.1) is 0 Å². The van der Waals surface area contributed by atoms with E-state index in [-0.39, 0.29) is 23.4 Å².